The average molecular weight is 518 g/mol. The summed E-state index contributed by atoms with van der Waals surface area (Å²) in [6.45, 7) is 13.8. The highest BCUT2D eigenvalue weighted by Gasteiger charge is 2.24. The Labute approximate surface area is 194 Å². The molecule has 1 unspecified atom stereocenters. The molecule has 0 amide bonds. The molecule has 7 heteroatoms. The van der Waals surface area contributed by atoms with Crippen molar-refractivity contribution in [3.63, 3.8) is 0 Å². The lowest BCUT2D eigenvalue weighted by Crippen LogP contribution is -2.52. The minimum atomic E-state index is 0. The van der Waals surface area contributed by atoms with Crippen molar-refractivity contribution < 1.29 is 4.74 Å². The molecule has 1 atom stereocenters. The summed E-state index contributed by atoms with van der Waals surface area (Å²) in [5.41, 5.74) is 1.21. The van der Waals surface area contributed by atoms with Crippen LogP contribution in [0.15, 0.2) is 29.3 Å². The summed E-state index contributed by atoms with van der Waals surface area (Å²) in [5, 5.41) is 6.86. The molecule has 0 aliphatic carbocycles. The molecule has 0 saturated carbocycles. The van der Waals surface area contributed by atoms with E-state index in [9.17, 15) is 0 Å². The van der Waals surface area contributed by atoms with Crippen molar-refractivity contribution in [1.29, 1.82) is 0 Å². The normalized spacial score (nSPS) is 17.0. The van der Waals surface area contributed by atoms with Crippen LogP contribution in [0.4, 0.5) is 0 Å². The van der Waals surface area contributed by atoms with Crippen LogP contribution in [-0.4, -0.2) is 81.8 Å². The van der Waals surface area contributed by atoms with Crippen LogP contribution >= 0.6 is 24.0 Å². The maximum absolute atomic E-state index is 5.45. The van der Waals surface area contributed by atoms with Gasteiger partial charge in [-0.2, -0.15) is 0 Å². The van der Waals surface area contributed by atoms with Gasteiger partial charge in [-0.05, 0) is 37.9 Å². The Morgan fingerprint density at radius 1 is 1.14 bits per heavy atom. The number of methoxy groups -OCH3 is 1. The smallest absolute Gasteiger partial charge is 0.191 e. The number of ether oxygens (including phenoxy) is 1. The second kappa shape index (κ2) is 14.0. The molecule has 0 radical (unpaired) electrons. The maximum Gasteiger partial charge on any atom is 0.191 e. The second-order valence-corrected chi connectivity index (χ2v) is 7.86. The van der Waals surface area contributed by atoms with Crippen LogP contribution in [0.25, 0.3) is 0 Å². The van der Waals surface area contributed by atoms with E-state index < -0.39 is 0 Å². The van der Waals surface area contributed by atoms with Crippen LogP contribution in [0, 0.1) is 5.92 Å². The molecular weight excluding hydrogens is 477 g/mol. The number of para-hydroxylation sites is 1. The molecule has 2 N–H and O–H groups in total. The lowest BCUT2D eigenvalue weighted by atomic mass is 10.0. The maximum atomic E-state index is 5.45. The molecule has 0 spiro atoms. The Morgan fingerprint density at radius 3 is 2.45 bits per heavy atom. The van der Waals surface area contributed by atoms with E-state index in [1.54, 1.807) is 7.11 Å². The minimum Gasteiger partial charge on any atom is -0.496 e. The number of guanidine groups is 1. The van der Waals surface area contributed by atoms with Crippen LogP contribution in [-0.2, 0) is 6.42 Å². The summed E-state index contributed by atoms with van der Waals surface area (Å²) < 4.78 is 5.45. The van der Waals surface area contributed by atoms with Crippen molar-refractivity contribution in [1.82, 2.24) is 20.4 Å². The van der Waals surface area contributed by atoms with Gasteiger partial charge in [-0.1, -0.05) is 32.0 Å². The Hall–Kier alpha value is -1.06. The van der Waals surface area contributed by atoms with Crippen molar-refractivity contribution in [2.45, 2.75) is 33.2 Å². The average Bonchev–Trinajstić information content (AvgIpc) is 2.69. The zero-order valence-corrected chi connectivity index (χ0v) is 21.1. The van der Waals surface area contributed by atoms with Gasteiger partial charge in [0.15, 0.2) is 5.96 Å². The first-order valence-corrected chi connectivity index (χ1v) is 10.6. The molecule has 6 nitrogen and oxygen atoms in total. The summed E-state index contributed by atoms with van der Waals surface area (Å²) in [4.78, 5) is 9.92. The van der Waals surface area contributed by atoms with Crippen LogP contribution in [0.2, 0.25) is 0 Å². The summed E-state index contributed by atoms with van der Waals surface area (Å²) in [6.07, 6.45) is 0.903. The number of piperazine rings is 1. The van der Waals surface area contributed by atoms with E-state index in [1.165, 1.54) is 5.56 Å². The van der Waals surface area contributed by atoms with Crippen molar-refractivity contribution in [2.24, 2.45) is 10.9 Å². The summed E-state index contributed by atoms with van der Waals surface area (Å²) in [7, 11) is 3.93. The molecule has 0 aromatic heterocycles. The molecule has 0 bridgehead atoms. The fourth-order valence-electron chi connectivity index (χ4n) is 3.65. The minimum absolute atomic E-state index is 0. The summed E-state index contributed by atoms with van der Waals surface area (Å²) >= 11 is 0. The molecule has 1 heterocycles. The summed E-state index contributed by atoms with van der Waals surface area (Å²) in [6, 6.07) is 8.68. The van der Waals surface area contributed by atoms with Crippen molar-refractivity contribution in [3.8, 4) is 5.75 Å². The van der Waals surface area contributed by atoms with E-state index >= 15 is 0 Å². The quantitative estimate of drug-likeness (QED) is 0.300. The molecule has 1 saturated heterocycles. The zero-order valence-electron chi connectivity index (χ0n) is 18.8. The van der Waals surface area contributed by atoms with Crippen molar-refractivity contribution in [3.05, 3.63) is 29.8 Å². The number of aliphatic imine (C=N–C) groups is 1. The number of likely N-dealkylation sites (N-methyl/N-ethyl adjacent to an activating group) is 1. The highest BCUT2D eigenvalue weighted by Crippen LogP contribution is 2.17. The van der Waals surface area contributed by atoms with Gasteiger partial charge in [-0.15, -0.1) is 24.0 Å². The molecule has 166 valence electrons. The third kappa shape index (κ3) is 8.68. The topological polar surface area (TPSA) is 52.1 Å². The van der Waals surface area contributed by atoms with Gasteiger partial charge in [0.25, 0.3) is 0 Å². The van der Waals surface area contributed by atoms with Gasteiger partial charge in [0, 0.05) is 45.3 Å². The predicted molar refractivity (Wildman–Crippen MR) is 134 cm³/mol. The van der Waals surface area contributed by atoms with Crippen LogP contribution in [0.3, 0.4) is 0 Å². The number of hydrogen-bond donors (Lipinski definition) is 2. The van der Waals surface area contributed by atoms with Gasteiger partial charge >= 0.3 is 0 Å². The van der Waals surface area contributed by atoms with Gasteiger partial charge < -0.3 is 20.3 Å². The Balaban J connectivity index is 0.00000420. The van der Waals surface area contributed by atoms with Gasteiger partial charge in [0.1, 0.15) is 5.75 Å². The molecule has 29 heavy (non-hydrogen) atoms. The van der Waals surface area contributed by atoms with Crippen molar-refractivity contribution >= 4 is 29.9 Å². The highest BCUT2D eigenvalue weighted by molar-refractivity contribution is 14.0. The molecule has 2 rings (SSSR count). The Bertz CT molecular complexity index is 603. The van der Waals surface area contributed by atoms with E-state index in [1.807, 2.05) is 12.1 Å². The first-order valence-electron chi connectivity index (χ1n) is 10.6. The molecule has 1 aromatic rings. The van der Waals surface area contributed by atoms with Gasteiger partial charge in [-0.3, -0.25) is 9.89 Å². The first-order chi connectivity index (χ1) is 13.5. The van der Waals surface area contributed by atoms with Crippen LogP contribution in [0.5, 0.6) is 5.75 Å². The van der Waals surface area contributed by atoms with E-state index in [2.05, 4.69) is 60.4 Å². The van der Waals surface area contributed by atoms with Crippen LogP contribution < -0.4 is 15.4 Å². The number of rotatable bonds is 9. The number of nitrogens with zero attached hydrogens (tertiary/aromatic N) is 3. The largest absolute Gasteiger partial charge is 0.496 e. The van der Waals surface area contributed by atoms with Gasteiger partial charge in [0.2, 0.25) is 0 Å². The standard InChI is InChI=1S/C22H39N5O.HI/c1-6-23-22(24-12-11-19-9-7-8-10-21(19)28-5)25-17-20(18(2)3)27-15-13-26(4)14-16-27;/h7-10,18,20H,6,11-17H2,1-5H3,(H2,23,24,25);1H. The predicted octanol–water partition coefficient (Wildman–Crippen LogP) is 2.68. The number of nitrogens with one attached hydrogen (secondary N) is 2. The SMILES string of the molecule is CCNC(=NCC(C(C)C)N1CCN(C)CC1)NCCc1ccccc1OC.I. The van der Waals surface area contributed by atoms with E-state index in [4.69, 9.17) is 9.73 Å². The second-order valence-electron chi connectivity index (χ2n) is 7.86. The van der Waals surface area contributed by atoms with Crippen molar-refractivity contribution in [2.75, 3.05) is 60.0 Å². The van der Waals surface area contributed by atoms with Crippen LogP contribution in [0.1, 0.15) is 26.3 Å². The monoisotopic (exact) mass is 517 g/mol. The number of hydrogen-bond acceptors (Lipinski definition) is 4. The van der Waals surface area contributed by atoms with Gasteiger partial charge in [0.05, 0.1) is 13.7 Å². The molecule has 1 aliphatic rings. The first kappa shape index (κ1) is 26.0. The number of benzene rings is 1. The lowest BCUT2D eigenvalue weighted by molar-refractivity contribution is 0.0925. The van der Waals surface area contributed by atoms with E-state index in [0.717, 1.165) is 63.9 Å². The number of halogens is 1. The zero-order chi connectivity index (χ0) is 20.4. The third-order valence-corrected chi connectivity index (χ3v) is 5.44. The summed E-state index contributed by atoms with van der Waals surface area (Å²) in [5.74, 6) is 2.43. The molecule has 1 fully saturated rings. The van der Waals surface area contributed by atoms with E-state index in [-0.39, 0.29) is 24.0 Å². The highest BCUT2D eigenvalue weighted by atomic mass is 127. The molecule has 1 aliphatic heterocycles. The van der Waals surface area contributed by atoms with E-state index in [0.29, 0.717) is 12.0 Å². The molecular formula is C22H40IN5O. The Kier molecular flexibility index (Phi) is 12.6. The lowest BCUT2D eigenvalue weighted by Gasteiger charge is -2.39. The third-order valence-electron chi connectivity index (χ3n) is 5.44. The van der Waals surface area contributed by atoms with Gasteiger partial charge in [-0.25, -0.2) is 0 Å². The fourth-order valence-corrected chi connectivity index (χ4v) is 3.65. The Morgan fingerprint density at radius 2 is 1.83 bits per heavy atom. The molecule has 1 aromatic carbocycles. The fraction of sp³-hybridized carbons (Fsp3) is 0.682.